The van der Waals surface area contributed by atoms with Crippen LogP contribution >= 0.6 is 0 Å². The van der Waals surface area contributed by atoms with Crippen molar-refractivity contribution in [2.24, 2.45) is 5.73 Å². The van der Waals surface area contributed by atoms with Crippen LogP contribution in [0.3, 0.4) is 0 Å². The lowest BCUT2D eigenvalue weighted by Gasteiger charge is -2.34. The molecule has 0 aromatic carbocycles. The second-order valence-electron chi connectivity index (χ2n) is 6.51. The van der Waals surface area contributed by atoms with Crippen LogP contribution in [0.4, 0.5) is 8.78 Å². The highest BCUT2D eigenvalue weighted by atomic mass is 19.3. The van der Waals surface area contributed by atoms with Gasteiger partial charge in [-0.1, -0.05) is 0 Å². The van der Waals surface area contributed by atoms with Gasteiger partial charge in [0.15, 0.2) is 0 Å². The monoisotopic (exact) mass is 303 g/mol. The minimum Gasteiger partial charge on any atom is -0.456 e. The van der Waals surface area contributed by atoms with Crippen molar-refractivity contribution in [1.82, 2.24) is 9.80 Å². The number of alkyl halides is 2. The van der Waals surface area contributed by atoms with Crippen LogP contribution in [-0.4, -0.2) is 72.6 Å². The first-order valence-electron chi connectivity index (χ1n) is 7.75. The second kappa shape index (κ2) is 5.78. The highest BCUT2D eigenvalue weighted by Gasteiger charge is 2.51. The Hall–Kier alpha value is -0.790. The van der Waals surface area contributed by atoms with Crippen molar-refractivity contribution in [3.63, 3.8) is 0 Å². The van der Waals surface area contributed by atoms with Crippen LogP contribution in [0.15, 0.2) is 0 Å². The van der Waals surface area contributed by atoms with Gasteiger partial charge in [0.1, 0.15) is 6.10 Å². The first kappa shape index (κ1) is 15.1. The third-order valence-electron chi connectivity index (χ3n) is 4.86. The highest BCUT2D eigenvalue weighted by Crippen LogP contribution is 2.32. The summed E-state index contributed by atoms with van der Waals surface area (Å²) in [7, 11) is 0. The number of piperidine rings is 1. The van der Waals surface area contributed by atoms with Crippen molar-refractivity contribution in [3.05, 3.63) is 0 Å². The SMILES string of the molecule is NC1CCN(C2CCN(CC3CC(F)(F)C(=O)O3)C2)CC1. The average Bonchev–Trinajstić information content (AvgIpc) is 2.96. The van der Waals surface area contributed by atoms with Gasteiger partial charge in [0.05, 0.1) is 6.42 Å². The van der Waals surface area contributed by atoms with Crippen LogP contribution in [0.2, 0.25) is 0 Å². The van der Waals surface area contributed by atoms with Gasteiger partial charge < -0.3 is 10.5 Å². The van der Waals surface area contributed by atoms with E-state index in [1.807, 2.05) is 0 Å². The molecule has 5 nitrogen and oxygen atoms in total. The van der Waals surface area contributed by atoms with Gasteiger partial charge in [0.25, 0.3) is 0 Å². The summed E-state index contributed by atoms with van der Waals surface area (Å²) in [6.07, 6.45) is 1.96. The van der Waals surface area contributed by atoms with E-state index in [0.717, 1.165) is 45.4 Å². The van der Waals surface area contributed by atoms with Crippen molar-refractivity contribution in [1.29, 1.82) is 0 Å². The normalized spacial score (nSPS) is 35.3. The summed E-state index contributed by atoms with van der Waals surface area (Å²) in [4.78, 5) is 15.6. The fourth-order valence-electron chi connectivity index (χ4n) is 3.60. The van der Waals surface area contributed by atoms with Gasteiger partial charge in [-0.15, -0.1) is 0 Å². The molecule has 120 valence electrons. The van der Waals surface area contributed by atoms with Crippen LogP contribution in [-0.2, 0) is 9.53 Å². The Morgan fingerprint density at radius 2 is 1.95 bits per heavy atom. The molecule has 3 fully saturated rings. The summed E-state index contributed by atoms with van der Waals surface area (Å²) in [6.45, 7) is 4.22. The lowest BCUT2D eigenvalue weighted by atomic mass is 10.0. The Morgan fingerprint density at radius 1 is 1.24 bits per heavy atom. The first-order chi connectivity index (χ1) is 9.94. The smallest absolute Gasteiger partial charge is 0.377 e. The van der Waals surface area contributed by atoms with E-state index in [1.165, 1.54) is 0 Å². The number of nitrogens with two attached hydrogens (primary N) is 1. The van der Waals surface area contributed by atoms with Crippen molar-refractivity contribution < 1.29 is 18.3 Å². The lowest BCUT2D eigenvalue weighted by Crippen LogP contribution is -2.46. The number of hydrogen-bond donors (Lipinski definition) is 1. The molecule has 3 heterocycles. The minimum absolute atomic E-state index is 0.318. The Bertz CT molecular complexity index is 400. The minimum atomic E-state index is -3.30. The van der Waals surface area contributed by atoms with Crippen LogP contribution < -0.4 is 5.73 Å². The number of ether oxygens (including phenoxy) is 1. The van der Waals surface area contributed by atoms with E-state index in [0.29, 0.717) is 18.6 Å². The third kappa shape index (κ3) is 3.35. The molecule has 0 spiro atoms. The van der Waals surface area contributed by atoms with E-state index in [9.17, 15) is 13.6 Å². The predicted octanol–water partition coefficient (Wildman–Crippen LogP) is 0.435. The molecule has 3 rings (SSSR count). The summed E-state index contributed by atoms with van der Waals surface area (Å²) in [5.41, 5.74) is 5.91. The maximum atomic E-state index is 13.2. The Kier molecular flexibility index (Phi) is 4.16. The Labute approximate surface area is 123 Å². The topological polar surface area (TPSA) is 58.8 Å². The molecule has 0 saturated carbocycles. The van der Waals surface area contributed by atoms with Crippen LogP contribution in [0.25, 0.3) is 0 Å². The number of halogens is 2. The van der Waals surface area contributed by atoms with Gasteiger partial charge in [-0.25, -0.2) is 4.79 Å². The molecule has 0 aromatic rings. The van der Waals surface area contributed by atoms with Gasteiger partial charge in [-0.3, -0.25) is 9.80 Å². The predicted molar refractivity (Wildman–Crippen MR) is 73.1 cm³/mol. The average molecular weight is 303 g/mol. The van der Waals surface area contributed by atoms with E-state index in [-0.39, 0.29) is 0 Å². The van der Waals surface area contributed by atoms with E-state index in [1.54, 1.807) is 0 Å². The van der Waals surface area contributed by atoms with Crippen LogP contribution in [0.1, 0.15) is 25.7 Å². The van der Waals surface area contributed by atoms with E-state index >= 15 is 0 Å². The molecule has 3 aliphatic heterocycles. The van der Waals surface area contributed by atoms with Gasteiger partial charge in [0.2, 0.25) is 0 Å². The molecule has 0 bridgehead atoms. The molecule has 3 saturated heterocycles. The summed E-state index contributed by atoms with van der Waals surface area (Å²) in [6, 6.07) is 0.800. The number of carbonyl (C=O) groups is 1. The molecule has 2 unspecified atom stereocenters. The van der Waals surface area contributed by atoms with Crippen molar-refractivity contribution >= 4 is 5.97 Å². The molecule has 21 heavy (non-hydrogen) atoms. The lowest BCUT2D eigenvalue weighted by molar-refractivity contribution is -0.159. The third-order valence-corrected chi connectivity index (χ3v) is 4.86. The number of carbonyl (C=O) groups excluding carboxylic acids is 1. The fraction of sp³-hybridized carbons (Fsp3) is 0.929. The highest BCUT2D eigenvalue weighted by molar-refractivity contribution is 5.79. The van der Waals surface area contributed by atoms with Crippen LogP contribution in [0.5, 0.6) is 0 Å². The maximum Gasteiger partial charge on any atom is 0.377 e. The van der Waals surface area contributed by atoms with Gasteiger partial charge in [-0.2, -0.15) is 8.78 Å². The molecule has 2 atom stereocenters. The zero-order valence-electron chi connectivity index (χ0n) is 12.1. The summed E-state index contributed by atoms with van der Waals surface area (Å²) in [5, 5.41) is 0. The zero-order valence-corrected chi connectivity index (χ0v) is 12.1. The number of rotatable bonds is 3. The number of nitrogens with zero attached hydrogens (tertiary/aromatic N) is 2. The van der Waals surface area contributed by atoms with Crippen molar-refractivity contribution in [2.45, 2.75) is 49.8 Å². The Morgan fingerprint density at radius 3 is 2.57 bits per heavy atom. The van der Waals surface area contributed by atoms with Crippen LogP contribution in [0, 0.1) is 0 Å². The standard InChI is InChI=1S/C14H23F2N3O2/c15-14(16)7-12(21-13(14)20)9-18-4-3-11(8-18)19-5-1-10(17)2-6-19/h10-12H,1-9,17H2. The second-order valence-corrected chi connectivity index (χ2v) is 6.51. The molecule has 7 heteroatoms. The molecule has 0 radical (unpaired) electrons. The summed E-state index contributed by atoms with van der Waals surface area (Å²) < 4.78 is 31.1. The molecule has 0 aromatic heterocycles. The molecule has 3 aliphatic rings. The summed E-state index contributed by atoms with van der Waals surface area (Å²) >= 11 is 0. The first-order valence-corrected chi connectivity index (χ1v) is 7.75. The number of esters is 1. The Balaban J connectivity index is 1.46. The van der Waals surface area contributed by atoms with Gasteiger partial charge in [0, 0.05) is 25.2 Å². The van der Waals surface area contributed by atoms with Gasteiger partial charge in [-0.05, 0) is 38.9 Å². The van der Waals surface area contributed by atoms with E-state index < -0.39 is 24.4 Å². The number of hydrogen-bond acceptors (Lipinski definition) is 5. The maximum absolute atomic E-state index is 13.2. The molecule has 0 aliphatic carbocycles. The molecule has 2 N–H and O–H groups in total. The molecular formula is C14H23F2N3O2. The largest absolute Gasteiger partial charge is 0.456 e. The number of cyclic esters (lactones) is 1. The molecular weight excluding hydrogens is 280 g/mol. The van der Waals surface area contributed by atoms with Crippen molar-refractivity contribution in [3.8, 4) is 0 Å². The van der Waals surface area contributed by atoms with Crippen molar-refractivity contribution in [2.75, 3.05) is 32.7 Å². The molecule has 0 amide bonds. The van der Waals surface area contributed by atoms with E-state index in [4.69, 9.17) is 10.5 Å². The summed E-state index contributed by atoms with van der Waals surface area (Å²) in [5.74, 6) is -4.67. The van der Waals surface area contributed by atoms with Gasteiger partial charge >= 0.3 is 11.9 Å². The number of likely N-dealkylation sites (tertiary alicyclic amines) is 2. The quantitative estimate of drug-likeness (QED) is 0.767. The zero-order chi connectivity index (χ0) is 15.0. The van der Waals surface area contributed by atoms with E-state index in [2.05, 4.69) is 9.80 Å². The fourth-order valence-corrected chi connectivity index (χ4v) is 3.60.